The number of carbonyl (C=O) groups excluding carboxylic acids is 2. The quantitative estimate of drug-likeness (QED) is 0.536. The summed E-state index contributed by atoms with van der Waals surface area (Å²) in [5.41, 5.74) is 3.56. The van der Waals surface area contributed by atoms with Crippen molar-refractivity contribution in [3.63, 3.8) is 0 Å². The Bertz CT molecular complexity index is 1310. The van der Waals surface area contributed by atoms with Crippen LogP contribution in [0.4, 0.5) is 0 Å². The normalized spacial score (nSPS) is 14.4. The van der Waals surface area contributed by atoms with Crippen LogP contribution in [0.15, 0.2) is 58.7 Å². The van der Waals surface area contributed by atoms with Crippen LogP contribution in [-0.4, -0.2) is 38.3 Å². The van der Waals surface area contributed by atoms with Gasteiger partial charge in [-0.1, -0.05) is 54.2 Å². The highest BCUT2D eigenvalue weighted by Gasteiger charge is 2.27. The zero-order valence-corrected chi connectivity index (χ0v) is 15.9. The molecule has 3 heterocycles. The van der Waals surface area contributed by atoms with Crippen molar-refractivity contribution in [1.82, 2.24) is 15.0 Å². The second-order valence-electron chi connectivity index (χ2n) is 6.76. The highest BCUT2D eigenvalue weighted by atomic mass is 32.2. The summed E-state index contributed by atoms with van der Waals surface area (Å²) in [5, 5.41) is 8.88. The van der Waals surface area contributed by atoms with Gasteiger partial charge in [-0.2, -0.15) is 10.1 Å². The Morgan fingerprint density at radius 1 is 1.11 bits per heavy atom. The highest BCUT2D eigenvalue weighted by molar-refractivity contribution is 8.00. The minimum absolute atomic E-state index is 0.105. The number of para-hydroxylation sites is 1. The first-order valence-electron chi connectivity index (χ1n) is 8.93. The molecule has 28 heavy (non-hydrogen) atoms. The van der Waals surface area contributed by atoms with Crippen LogP contribution in [-0.2, 0) is 9.59 Å². The molecule has 2 aromatic heterocycles. The van der Waals surface area contributed by atoms with Gasteiger partial charge in [-0.15, -0.1) is 0 Å². The van der Waals surface area contributed by atoms with E-state index in [0.29, 0.717) is 5.71 Å². The summed E-state index contributed by atoms with van der Waals surface area (Å²) < 4.78 is 0. The van der Waals surface area contributed by atoms with E-state index < -0.39 is 0 Å². The molecule has 0 saturated carbocycles. The number of fused-ring (bicyclic) bond motifs is 5. The van der Waals surface area contributed by atoms with Crippen LogP contribution >= 0.6 is 11.8 Å². The van der Waals surface area contributed by atoms with Crippen molar-refractivity contribution in [2.45, 2.75) is 18.4 Å². The maximum absolute atomic E-state index is 12.5. The summed E-state index contributed by atoms with van der Waals surface area (Å²) in [4.78, 5) is 32.7. The van der Waals surface area contributed by atoms with Crippen LogP contribution < -0.4 is 0 Å². The molecule has 1 N–H and O–H groups in total. The fourth-order valence-electron chi connectivity index (χ4n) is 3.54. The van der Waals surface area contributed by atoms with Gasteiger partial charge in [0, 0.05) is 27.4 Å². The number of rotatable bonds is 3. The molecule has 5 rings (SSSR count). The minimum Gasteiger partial charge on any atom is -0.353 e. The molecule has 0 fully saturated rings. The molecule has 0 spiro atoms. The SMILES string of the molecule is CC1=NN(C(=O)CSc2nc3c4ccccc4[nH]c3c3ccccc23)C(=O)C1. The largest absolute Gasteiger partial charge is 0.353 e. The third kappa shape index (κ3) is 2.66. The Labute approximate surface area is 164 Å². The number of amides is 2. The van der Waals surface area contributed by atoms with Crippen LogP contribution in [0.25, 0.3) is 32.7 Å². The number of benzene rings is 2. The summed E-state index contributed by atoms with van der Waals surface area (Å²) in [6.07, 6.45) is 0.207. The number of hydrazone groups is 1. The van der Waals surface area contributed by atoms with Gasteiger partial charge in [0.15, 0.2) is 0 Å². The molecule has 7 heteroatoms. The predicted molar refractivity (Wildman–Crippen MR) is 111 cm³/mol. The average Bonchev–Trinajstić information content (AvgIpc) is 3.25. The second-order valence-corrected chi connectivity index (χ2v) is 7.72. The van der Waals surface area contributed by atoms with Crippen LogP contribution in [0.2, 0.25) is 0 Å². The topological polar surface area (TPSA) is 78.4 Å². The first kappa shape index (κ1) is 16.9. The molecule has 2 amide bonds. The fourth-order valence-corrected chi connectivity index (χ4v) is 4.41. The molecular weight excluding hydrogens is 372 g/mol. The van der Waals surface area contributed by atoms with Gasteiger partial charge in [0.05, 0.1) is 23.2 Å². The van der Waals surface area contributed by atoms with Gasteiger partial charge < -0.3 is 4.98 Å². The van der Waals surface area contributed by atoms with E-state index in [9.17, 15) is 9.59 Å². The third-order valence-electron chi connectivity index (χ3n) is 4.80. The van der Waals surface area contributed by atoms with Crippen LogP contribution in [0.3, 0.4) is 0 Å². The second kappa shape index (κ2) is 6.45. The number of nitrogens with zero attached hydrogens (tertiary/aromatic N) is 3. The van der Waals surface area contributed by atoms with Crippen molar-refractivity contribution in [1.29, 1.82) is 0 Å². The number of thioether (sulfide) groups is 1. The number of nitrogens with one attached hydrogen (secondary N) is 1. The number of H-pyrrole nitrogens is 1. The van der Waals surface area contributed by atoms with Crippen LogP contribution in [0.1, 0.15) is 13.3 Å². The number of carbonyl (C=O) groups is 2. The van der Waals surface area contributed by atoms with E-state index in [1.54, 1.807) is 6.92 Å². The molecule has 1 aliphatic heterocycles. The Morgan fingerprint density at radius 2 is 1.82 bits per heavy atom. The number of hydrogen-bond acceptors (Lipinski definition) is 5. The molecule has 6 nitrogen and oxygen atoms in total. The van der Waals surface area contributed by atoms with Crippen molar-refractivity contribution in [2.75, 3.05) is 5.75 Å². The summed E-state index contributed by atoms with van der Waals surface area (Å²) >= 11 is 1.34. The standard InChI is InChI=1S/C21H16N4O2S/c1-12-10-17(26)25(24-12)18(27)11-28-21-14-7-3-2-6-13(14)19-20(23-21)15-8-4-5-9-16(15)22-19/h2-9,22H,10-11H2,1H3. The number of aromatic nitrogens is 2. The molecular formula is C21H16N4O2S. The van der Waals surface area contributed by atoms with E-state index in [0.717, 1.165) is 42.7 Å². The lowest BCUT2D eigenvalue weighted by atomic mass is 10.1. The maximum atomic E-state index is 12.5. The van der Waals surface area contributed by atoms with E-state index in [2.05, 4.69) is 16.2 Å². The first-order chi connectivity index (χ1) is 13.6. The van der Waals surface area contributed by atoms with Crippen molar-refractivity contribution in [3.05, 3.63) is 48.5 Å². The van der Waals surface area contributed by atoms with Crippen LogP contribution in [0.5, 0.6) is 0 Å². The average molecular weight is 388 g/mol. The van der Waals surface area contributed by atoms with Gasteiger partial charge in [-0.05, 0) is 13.0 Å². The Kier molecular flexibility index (Phi) is 3.91. The summed E-state index contributed by atoms with van der Waals surface area (Å²) in [5.74, 6) is -0.488. The molecule has 4 aromatic rings. The van der Waals surface area contributed by atoms with Gasteiger partial charge in [0.1, 0.15) is 5.03 Å². The first-order valence-corrected chi connectivity index (χ1v) is 9.92. The number of pyridine rings is 1. The Morgan fingerprint density at radius 3 is 2.57 bits per heavy atom. The van der Waals surface area contributed by atoms with Crippen molar-refractivity contribution >= 4 is 62.0 Å². The molecule has 1 aliphatic rings. The lowest BCUT2D eigenvalue weighted by Gasteiger charge is -2.10. The number of hydrogen-bond donors (Lipinski definition) is 1. The zero-order valence-electron chi connectivity index (χ0n) is 15.1. The van der Waals surface area contributed by atoms with Gasteiger partial charge in [-0.3, -0.25) is 9.59 Å². The molecule has 0 aliphatic carbocycles. The zero-order chi connectivity index (χ0) is 19.3. The third-order valence-corrected chi connectivity index (χ3v) is 5.78. The smallest absolute Gasteiger partial charge is 0.260 e. The molecule has 2 aromatic carbocycles. The number of aromatic amines is 1. The summed E-state index contributed by atoms with van der Waals surface area (Å²) in [6, 6.07) is 16.1. The van der Waals surface area contributed by atoms with E-state index in [4.69, 9.17) is 4.98 Å². The van der Waals surface area contributed by atoms with Crippen molar-refractivity contribution in [2.24, 2.45) is 5.10 Å². The highest BCUT2D eigenvalue weighted by Crippen LogP contribution is 2.35. The van der Waals surface area contributed by atoms with Gasteiger partial charge in [-0.25, -0.2) is 4.98 Å². The van der Waals surface area contributed by atoms with Crippen LogP contribution in [0, 0.1) is 0 Å². The Hall–Kier alpha value is -3.19. The lowest BCUT2D eigenvalue weighted by molar-refractivity contribution is -0.141. The molecule has 0 saturated heterocycles. The molecule has 0 unspecified atom stereocenters. The number of imide groups is 1. The van der Waals surface area contributed by atoms with Gasteiger partial charge in [0.25, 0.3) is 11.8 Å². The van der Waals surface area contributed by atoms with Gasteiger partial charge in [0.2, 0.25) is 0 Å². The molecule has 0 bridgehead atoms. The minimum atomic E-state index is -0.322. The molecule has 0 atom stereocenters. The van der Waals surface area contributed by atoms with E-state index in [1.165, 1.54) is 11.8 Å². The summed E-state index contributed by atoms with van der Waals surface area (Å²) in [6.45, 7) is 1.75. The fraction of sp³-hybridized carbons (Fsp3) is 0.143. The Balaban J connectivity index is 1.57. The monoisotopic (exact) mass is 388 g/mol. The predicted octanol–water partition coefficient (Wildman–Crippen LogP) is 4.10. The molecule has 0 radical (unpaired) electrons. The van der Waals surface area contributed by atoms with Crippen molar-refractivity contribution in [3.8, 4) is 0 Å². The summed E-state index contributed by atoms with van der Waals surface area (Å²) in [7, 11) is 0. The van der Waals surface area contributed by atoms with Gasteiger partial charge >= 0.3 is 0 Å². The van der Waals surface area contributed by atoms with E-state index in [1.807, 2.05) is 42.5 Å². The lowest BCUT2D eigenvalue weighted by Crippen LogP contribution is -2.29. The van der Waals surface area contributed by atoms with E-state index in [-0.39, 0.29) is 24.0 Å². The van der Waals surface area contributed by atoms with E-state index >= 15 is 0 Å². The van der Waals surface area contributed by atoms with Crippen molar-refractivity contribution < 1.29 is 9.59 Å². The molecule has 138 valence electrons. The maximum Gasteiger partial charge on any atom is 0.260 e.